The summed E-state index contributed by atoms with van der Waals surface area (Å²) in [5, 5.41) is 3.70. The SMILES string of the molecule is CCOC(=O)c1ccccc1NC(=O)CSc1c(Cl)cccc1Cl. The zero-order chi connectivity index (χ0) is 17.5. The van der Waals surface area contributed by atoms with E-state index in [2.05, 4.69) is 5.32 Å². The average Bonchev–Trinajstić information content (AvgIpc) is 2.55. The first kappa shape index (κ1) is 18.6. The average molecular weight is 384 g/mol. The molecule has 24 heavy (non-hydrogen) atoms. The highest BCUT2D eigenvalue weighted by Crippen LogP contribution is 2.33. The van der Waals surface area contributed by atoms with E-state index in [0.29, 0.717) is 26.2 Å². The number of rotatable bonds is 6. The summed E-state index contributed by atoms with van der Waals surface area (Å²) < 4.78 is 4.98. The van der Waals surface area contributed by atoms with E-state index >= 15 is 0 Å². The zero-order valence-corrected chi connectivity index (χ0v) is 15.2. The molecule has 0 atom stereocenters. The van der Waals surface area contributed by atoms with E-state index in [1.807, 2.05) is 0 Å². The van der Waals surface area contributed by atoms with Gasteiger partial charge in [0.25, 0.3) is 0 Å². The minimum Gasteiger partial charge on any atom is -0.462 e. The van der Waals surface area contributed by atoms with E-state index in [1.54, 1.807) is 49.4 Å². The second kappa shape index (κ2) is 8.97. The van der Waals surface area contributed by atoms with Gasteiger partial charge < -0.3 is 10.1 Å². The van der Waals surface area contributed by atoms with Crippen LogP contribution < -0.4 is 5.32 Å². The van der Waals surface area contributed by atoms with Gasteiger partial charge in [-0.2, -0.15) is 0 Å². The van der Waals surface area contributed by atoms with Gasteiger partial charge in [0.1, 0.15) is 0 Å². The molecule has 0 saturated carbocycles. The molecule has 1 amide bonds. The minimum absolute atomic E-state index is 0.112. The second-order valence-electron chi connectivity index (χ2n) is 4.65. The van der Waals surface area contributed by atoms with Crippen molar-refractivity contribution < 1.29 is 14.3 Å². The van der Waals surface area contributed by atoms with Crippen LogP contribution in [0.1, 0.15) is 17.3 Å². The maximum Gasteiger partial charge on any atom is 0.340 e. The number of esters is 1. The van der Waals surface area contributed by atoms with Crippen molar-refractivity contribution in [2.24, 2.45) is 0 Å². The van der Waals surface area contributed by atoms with E-state index in [4.69, 9.17) is 27.9 Å². The predicted molar refractivity (Wildman–Crippen MR) is 98.2 cm³/mol. The van der Waals surface area contributed by atoms with Gasteiger partial charge in [-0.05, 0) is 31.2 Å². The number of benzene rings is 2. The fourth-order valence-corrected chi connectivity index (χ4v) is 3.41. The number of hydrogen-bond acceptors (Lipinski definition) is 4. The van der Waals surface area contributed by atoms with Crippen LogP contribution in [0.5, 0.6) is 0 Å². The summed E-state index contributed by atoms with van der Waals surface area (Å²) in [6, 6.07) is 11.9. The van der Waals surface area contributed by atoms with Crippen molar-refractivity contribution in [3.8, 4) is 0 Å². The molecule has 0 bridgehead atoms. The summed E-state index contributed by atoms with van der Waals surface area (Å²) in [5.41, 5.74) is 0.722. The zero-order valence-electron chi connectivity index (χ0n) is 12.8. The van der Waals surface area contributed by atoms with Crippen LogP contribution in [0.25, 0.3) is 0 Å². The largest absolute Gasteiger partial charge is 0.462 e. The van der Waals surface area contributed by atoms with Crippen LogP contribution in [-0.4, -0.2) is 24.2 Å². The van der Waals surface area contributed by atoms with Crippen LogP contribution in [0.2, 0.25) is 10.0 Å². The fourth-order valence-electron chi connectivity index (χ4n) is 1.92. The molecular formula is C17H15Cl2NO3S. The van der Waals surface area contributed by atoms with Crippen molar-refractivity contribution in [1.29, 1.82) is 0 Å². The van der Waals surface area contributed by atoms with Crippen molar-refractivity contribution in [2.45, 2.75) is 11.8 Å². The molecule has 2 rings (SSSR count). The lowest BCUT2D eigenvalue weighted by Gasteiger charge is -2.11. The molecule has 4 nitrogen and oxygen atoms in total. The highest BCUT2D eigenvalue weighted by Gasteiger charge is 2.15. The number of thioether (sulfide) groups is 1. The first-order valence-corrected chi connectivity index (χ1v) is 8.90. The summed E-state index contributed by atoms with van der Waals surface area (Å²) in [4.78, 5) is 24.7. The van der Waals surface area contributed by atoms with Gasteiger partial charge in [-0.3, -0.25) is 4.79 Å². The number of nitrogens with one attached hydrogen (secondary N) is 1. The standard InChI is InChI=1S/C17H15Cl2NO3S/c1-2-23-17(22)11-6-3-4-9-14(11)20-15(21)10-24-16-12(18)7-5-8-13(16)19/h3-9H,2,10H2,1H3,(H,20,21). The Bertz CT molecular complexity index is 732. The van der Waals surface area contributed by atoms with Gasteiger partial charge in [0, 0.05) is 4.90 Å². The molecule has 0 aliphatic rings. The molecule has 0 radical (unpaired) electrons. The van der Waals surface area contributed by atoms with E-state index in [9.17, 15) is 9.59 Å². The van der Waals surface area contributed by atoms with Gasteiger partial charge in [0.05, 0.1) is 33.7 Å². The molecule has 126 valence electrons. The normalized spacial score (nSPS) is 10.3. The van der Waals surface area contributed by atoms with Gasteiger partial charge in [0.15, 0.2) is 0 Å². The quantitative estimate of drug-likeness (QED) is 0.569. The summed E-state index contributed by atoms with van der Waals surface area (Å²) >= 11 is 13.4. The third-order valence-electron chi connectivity index (χ3n) is 2.96. The number of carbonyl (C=O) groups is 2. The highest BCUT2D eigenvalue weighted by molar-refractivity contribution is 8.00. The summed E-state index contributed by atoms with van der Waals surface area (Å²) in [5.74, 6) is -0.636. The van der Waals surface area contributed by atoms with Crippen molar-refractivity contribution in [3.63, 3.8) is 0 Å². The van der Waals surface area contributed by atoms with E-state index < -0.39 is 5.97 Å². The number of amides is 1. The van der Waals surface area contributed by atoms with Crippen LogP contribution in [-0.2, 0) is 9.53 Å². The molecule has 2 aromatic carbocycles. The van der Waals surface area contributed by atoms with Crippen molar-refractivity contribution in [3.05, 3.63) is 58.1 Å². The van der Waals surface area contributed by atoms with Crippen molar-refractivity contribution in [2.75, 3.05) is 17.7 Å². The summed E-state index contributed by atoms with van der Waals surface area (Å²) in [6.07, 6.45) is 0. The Morgan fingerprint density at radius 2 is 1.75 bits per heavy atom. The van der Waals surface area contributed by atoms with Crippen LogP contribution in [0, 0.1) is 0 Å². The fraction of sp³-hybridized carbons (Fsp3) is 0.176. The van der Waals surface area contributed by atoms with E-state index in [-0.39, 0.29) is 18.3 Å². The number of anilines is 1. The lowest BCUT2D eigenvalue weighted by atomic mass is 10.2. The number of para-hydroxylation sites is 1. The number of ether oxygens (including phenoxy) is 1. The number of carbonyl (C=O) groups excluding carboxylic acids is 2. The first-order valence-electron chi connectivity index (χ1n) is 7.15. The van der Waals surface area contributed by atoms with E-state index in [1.165, 1.54) is 11.8 Å². The second-order valence-corrected chi connectivity index (χ2v) is 6.45. The molecule has 0 saturated heterocycles. The molecule has 0 unspecified atom stereocenters. The lowest BCUT2D eigenvalue weighted by Crippen LogP contribution is -2.17. The highest BCUT2D eigenvalue weighted by atomic mass is 35.5. The minimum atomic E-state index is -0.477. The molecule has 0 heterocycles. The van der Waals surface area contributed by atoms with Crippen LogP contribution in [0.15, 0.2) is 47.4 Å². The maximum atomic E-state index is 12.2. The van der Waals surface area contributed by atoms with Gasteiger partial charge in [-0.15, -0.1) is 11.8 Å². The van der Waals surface area contributed by atoms with Crippen LogP contribution >= 0.6 is 35.0 Å². The Morgan fingerprint density at radius 3 is 2.42 bits per heavy atom. The first-order chi connectivity index (χ1) is 11.5. The molecule has 0 fully saturated rings. The molecule has 1 N–H and O–H groups in total. The Balaban J connectivity index is 2.04. The summed E-state index contributed by atoms with van der Waals surface area (Å²) in [7, 11) is 0. The topological polar surface area (TPSA) is 55.4 Å². The third kappa shape index (κ3) is 4.90. The molecular weight excluding hydrogens is 369 g/mol. The van der Waals surface area contributed by atoms with Crippen molar-refractivity contribution in [1.82, 2.24) is 0 Å². The Kier molecular flexibility index (Phi) is 6.97. The Labute approximate surface area is 154 Å². The van der Waals surface area contributed by atoms with Gasteiger partial charge >= 0.3 is 5.97 Å². The Morgan fingerprint density at radius 1 is 1.08 bits per heavy atom. The summed E-state index contributed by atoms with van der Waals surface area (Å²) in [6.45, 7) is 1.99. The van der Waals surface area contributed by atoms with Gasteiger partial charge in [-0.25, -0.2) is 4.79 Å². The maximum absolute atomic E-state index is 12.2. The molecule has 0 aromatic heterocycles. The van der Waals surface area contributed by atoms with E-state index in [0.717, 1.165) is 0 Å². The molecule has 7 heteroatoms. The lowest BCUT2D eigenvalue weighted by molar-refractivity contribution is -0.113. The Hall–Kier alpha value is -1.69. The van der Waals surface area contributed by atoms with Crippen molar-refractivity contribution >= 4 is 52.5 Å². The molecule has 0 aliphatic heterocycles. The molecule has 2 aromatic rings. The number of halogens is 2. The van der Waals surface area contributed by atoms with Crippen LogP contribution in [0.3, 0.4) is 0 Å². The molecule has 0 aliphatic carbocycles. The number of hydrogen-bond donors (Lipinski definition) is 1. The van der Waals surface area contributed by atoms with Gasteiger partial charge in [0.2, 0.25) is 5.91 Å². The third-order valence-corrected chi connectivity index (χ3v) is 4.95. The monoisotopic (exact) mass is 383 g/mol. The smallest absolute Gasteiger partial charge is 0.340 e. The van der Waals surface area contributed by atoms with Crippen LogP contribution in [0.4, 0.5) is 5.69 Å². The van der Waals surface area contributed by atoms with Gasteiger partial charge in [-0.1, -0.05) is 41.4 Å². The molecule has 0 spiro atoms. The predicted octanol–water partition coefficient (Wildman–Crippen LogP) is 4.90.